The Bertz CT molecular complexity index is 932. The second-order valence-electron chi connectivity index (χ2n) is 18.1. The Hall–Kier alpha value is -1.07. The van der Waals surface area contributed by atoms with E-state index in [1.165, 1.54) is 167 Å². The van der Waals surface area contributed by atoms with Crippen LogP contribution in [0.15, 0.2) is 12.2 Å². The maximum Gasteiger partial charge on any atom is 0.220 e. The predicted octanol–water partition coefficient (Wildman–Crippen LogP) is 10.8. The van der Waals surface area contributed by atoms with E-state index >= 15 is 0 Å². The first kappa shape index (κ1) is 54.9. The van der Waals surface area contributed by atoms with Gasteiger partial charge in [0.05, 0.1) is 25.4 Å². The van der Waals surface area contributed by atoms with E-state index in [1.807, 2.05) is 6.08 Å². The molecule has 0 unspecified atom stereocenters. The van der Waals surface area contributed by atoms with Gasteiger partial charge in [-0.05, 0) is 25.2 Å². The summed E-state index contributed by atoms with van der Waals surface area (Å²) in [5, 5.41) is 54.2. The van der Waals surface area contributed by atoms with Crippen molar-refractivity contribution in [3.63, 3.8) is 0 Å². The van der Waals surface area contributed by atoms with Crippen molar-refractivity contribution in [2.24, 2.45) is 5.92 Å². The van der Waals surface area contributed by atoms with Crippen molar-refractivity contribution >= 4 is 5.91 Å². The van der Waals surface area contributed by atoms with Crippen molar-refractivity contribution in [2.75, 3.05) is 13.2 Å². The Labute approximate surface area is 356 Å². The lowest BCUT2D eigenvalue weighted by Gasteiger charge is -2.40. The Balaban J connectivity index is 2.24. The maximum absolute atomic E-state index is 13.0. The van der Waals surface area contributed by atoms with Crippen molar-refractivity contribution in [2.45, 2.75) is 276 Å². The van der Waals surface area contributed by atoms with E-state index in [0.717, 1.165) is 44.4 Å². The summed E-state index contributed by atoms with van der Waals surface area (Å²) >= 11 is 0. The lowest BCUT2D eigenvalue weighted by atomic mass is 9.99. The van der Waals surface area contributed by atoms with Gasteiger partial charge in [-0.1, -0.05) is 219 Å². The Morgan fingerprint density at radius 2 is 1.05 bits per heavy atom. The fraction of sp³-hybridized carbons (Fsp3) is 0.939. The SMILES string of the molecule is CCCCCCCCCCCCCCCCCCCCCCCCCC(=O)N[C@@H](CO[C@@H]1O[C@H](CO)[C@@H](O)[C@H](O)[C@H]1O)[C@H](O)/C=C/CCCCCCCCCC(C)C. The molecule has 0 aromatic heterocycles. The molecule has 1 aliphatic heterocycles. The molecule has 1 amide bonds. The summed E-state index contributed by atoms with van der Waals surface area (Å²) in [6, 6.07) is -0.800. The smallest absolute Gasteiger partial charge is 0.220 e. The number of unbranched alkanes of at least 4 members (excludes halogenated alkanes) is 29. The number of aliphatic hydroxyl groups excluding tert-OH is 5. The quantitative estimate of drug-likeness (QED) is 0.0264. The molecule has 58 heavy (non-hydrogen) atoms. The third kappa shape index (κ3) is 30.0. The lowest BCUT2D eigenvalue weighted by Crippen LogP contribution is -2.60. The van der Waals surface area contributed by atoms with Gasteiger partial charge in [0.15, 0.2) is 6.29 Å². The van der Waals surface area contributed by atoms with Crippen molar-refractivity contribution in [3.05, 3.63) is 12.2 Å². The van der Waals surface area contributed by atoms with Gasteiger partial charge in [0.1, 0.15) is 24.4 Å². The molecule has 0 radical (unpaired) electrons. The summed E-state index contributed by atoms with van der Waals surface area (Å²) < 4.78 is 11.2. The molecule has 0 saturated carbocycles. The fourth-order valence-electron chi connectivity index (χ4n) is 8.05. The molecule has 0 aliphatic carbocycles. The molecule has 9 heteroatoms. The van der Waals surface area contributed by atoms with Gasteiger partial charge in [-0.2, -0.15) is 0 Å². The number of nitrogens with one attached hydrogen (secondary N) is 1. The van der Waals surface area contributed by atoms with Gasteiger partial charge in [-0.3, -0.25) is 4.79 Å². The van der Waals surface area contributed by atoms with Crippen LogP contribution >= 0.6 is 0 Å². The van der Waals surface area contributed by atoms with Crippen LogP contribution in [0.3, 0.4) is 0 Å². The van der Waals surface area contributed by atoms with Gasteiger partial charge in [-0.25, -0.2) is 0 Å². The molecule has 344 valence electrons. The molecule has 1 fully saturated rings. The lowest BCUT2D eigenvalue weighted by molar-refractivity contribution is -0.302. The van der Waals surface area contributed by atoms with Crippen LogP contribution in [0, 0.1) is 5.92 Å². The summed E-state index contributed by atoms with van der Waals surface area (Å²) in [6.45, 7) is 6.09. The van der Waals surface area contributed by atoms with E-state index in [0.29, 0.717) is 6.42 Å². The highest BCUT2D eigenvalue weighted by molar-refractivity contribution is 5.76. The standard InChI is InChI=1S/C49H95NO8/c1-4-5-6-7-8-9-10-11-12-13-14-15-16-17-18-19-20-21-22-26-29-32-35-38-45(53)50-42(40-57-49-48(56)47(55)46(54)44(39-51)58-49)43(52)37-34-31-28-25-23-24-27-30-33-36-41(2)3/h34,37,41-44,46-49,51-52,54-56H,4-33,35-36,38-40H2,1-3H3,(H,50,53)/b37-34+/t42-,43+,44+,46+,47-,48+,49+/m0/s1. The summed E-state index contributed by atoms with van der Waals surface area (Å²) in [7, 11) is 0. The van der Waals surface area contributed by atoms with Crippen LogP contribution in [0.1, 0.15) is 233 Å². The molecule has 9 nitrogen and oxygen atoms in total. The second kappa shape index (κ2) is 38.8. The zero-order valence-electron chi connectivity index (χ0n) is 38.0. The number of amides is 1. The molecule has 1 rings (SSSR count). The number of aliphatic hydroxyl groups is 5. The molecule has 6 N–H and O–H groups in total. The number of rotatable bonds is 41. The summed E-state index contributed by atoms with van der Waals surface area (Å²) in [5.41, 5.74) is 0. The minimum absolute atomic E-state index is 0.174. The number of hydrogen-bond acceptors (Lipinski definition) is 8. The van der Waals surface area contributed by atoms with E-state index in [-0.39, 0.29) is 12.5 Å². The summed E-state index contributed by atoms with van der Waals surface area (Å²) in [6.07, 6.45) is 37.1. The first-order chi connectivity index (χ1) is 28.2. The first-order valence-corrected chi connectivity index (χ1v) is 24.8. The van der Waals surface area contributed by atoms with Crippen molar-refractivity contribution in [1.29, 1.82) is 0 Å². The van der Waals surface area contributed by atoms with Crippen LogP contribution in [0.4, 0.5) is 0 Å². The minimum atomic E-state index is -1.56. The highest BCUT2D eigenvalue weighted by Gasteiger charge is 2.44. The third-order valence-corrected chi connectivity index (χ3v) is 12.0. The second-order valence-corrected chi connectivity index (χ2v) is 18.1. The van der Waals surface area contributed by atoms with Crippen LogP contribution in [-0.4, -0.2) is 87.5 Å². The number of allylic oxidation sites excluding steroid dienone is 1. The average molecular weight is 826 g/mol. The summed E-state index contributed by atoms with van der Waals surface area (Å²) in [4.78, 5) is 13.0. The Morgan fingerprint density at radius 1 is 0.621 bits per heavy atom. The zero-order chi connectivity index (χ0) is 42.5. The third-order valence-electron chi connectivity index (χ3n) is 12.0. The van der Waals surface area contributed by atoms with Crippen LogP contribution < -0.4 is 5.32 Å². The van der Waals surface area contributed by atoms with Crippen LogP contribution in [0.5, 0.6) is 0 Å². The largest absolute Gasteiger partial charge is 0.394 e. The average Bonchev–Trinajstić information content (AvgIpc) is 3.21. The molecular weight excluding hydrogens is 731 g/mol. The zero-order valence-corrected chi connectivity index (χ0v) is 38.0. The van der Waals surface area contributed by atoms with Gasteiger partial charge >= 0.3 is 0 Å². The van der Waals surface area contributed by atoms with E-state index in [4.69, 9.17) is 9.47 Å². The van der Waals surface area contributed by atoms with Gasteiger partial charge in [-0.15, -0.1) is 0 Å². The van der Waals surface area contributed by atoms with Gasteiger partial charge in [0, 0.05) is 6.42 Å². The molecule has 0 aromatic carbocycles. The first-order valence-electron chi connectivity index (χ1n) is 24.8. The molecule has 0 aromatic rings. The Kier molecular flexibility index (Phi) is 36.8. The molecular formula is C49H95NO8. The van der Waals surface area contributed by atoms with Gasteiger partial charge in [0.2, 0.25) is 5.91 Å². The highest BCUT2D eigenvalue weighted by atomic mass is 16.7. The maximum atomic E-state index is 13.0. The number of carbonyl (C=O) groups is 1. The Morgan fingerprint density at radius 3 is 1.50 bits per heavy atom. The molecule has 0 spiro atoms. The van der Waals surface area contributed by atoms with E-state index in [1.54, 1.807) is 6.08 Å². The molecule has 1 aliphatic rings. The predicted molar refractivity (Wildman–Crippen MR) is 240 cm³/mol. The van der Waals surface area contributed by atoms with Crippen molar-refractivity contribution in [3.8, 4) is 0 Å². The molecule has 7 atom stereocenters. The van der Waals surface area contributed by atoms with Crippen LogP contribution in [-0.2, 0) is 14.3 Å². The van der Waals surface area contributed by atoms with Gasteiger partial charge in [0.25, 0.3) is 0 Å². The normalized spacial score (nSPS) is 20.9. The number of hydrogen-bond donors (Lipinski definition) is 6. The van der Waals surface area contributed by atoms with Crippen LogP contribution in [0.25, 0.3) is 0 Å². The van der Waals surface area contributed by atoms with E-state index in [9.17, 15) is 30.3 Å². The number of ether oxygens (including phenoxy) is 2. The molecule has 1 heterocycles. The minimum Gasteiger partial charge on any atom is -0.394 e. The number of carbonyl (C=O) groups excluding carboxylic acids is 1. The highest BCUT2D eigenvalue weighted by Crippen LogP contribution is 2.23. The van der Waals surface area contributed by atoms with Gasteiger partial charge < -0.3 is 40.3 Å². The molecule has 1 saturated heterocycles. The topological polar surface area (TPSA) is 149 Å². The van der Waals surface area contributed by atoms with E-state index in [2.05, 4.69) is 26.1 Å². The molecule has 0 bridgehead atoms. The fourth-order valence-corrected chi connectivity index (χ4v) is 8.05. The summed E-state index contributed by atoms with van der Waals surface area (Å²) in [5.74, 6) is 0.606. The van der Waals surface area contributed by atoms with E-state index < -0.39 is 49.5 Å². The van der Waals surface area contributed by atoms with Crippen molar-refractivity contribution in [1.82, 2.24) is 5.32 Å². The van der Waals surface area contributed by atoms with Crippen molar-refractivity contribution < 1.29 is 39.8 Å². The van der Waals surface area contributed by atoms with Crippen LogP contribution in [0.2, 0.25) is 0 Å². The monoisotopic (exact) mass is 826 g/mol.